The number of benzene rings is 1. The van der Waals surface area contributed by atoms with Gasteiger partial charge in [-0.1, -0.05) is 6.07 Å². The third kappa shape index (κ3) is 3.20. The summed E-state index contributed by atoms with van der Waals surface area (Å²) >= 11 is 5.78. The molecule has 0 bridgehead atoms. The molecular formula is C14H15ClN2O. The number of aromatic nitrogens is 2. The molecule has 2 aromatic rings. The normalized spacial score (nSPS) is 10.4. The van der Waals surface area contributed by atoms with E-state index in [1.807, 2.05) is 39.0 Å². The Morgan fingerprint density at radius 2 is 1.67 bits per heavy atom. The van der Waals surface area contributed by atoms with E-state index in [1.165, 1.54) is 0 Å². The van der Waals surface area contributed by atoms with Crippen LogP contribution >= 0.6 is 11.6 Å². The lowest BCUT2D eigenvalue weighted by Crippen LogP contribution is -1.97. The highest BCUT2D eigenvalue weighted by atomic mass is 35.5. The minimum Gasteiger partial charge on any atom is -0.424 e. The van der Waals surface area contributed by atoms with Gasteiger partial charge >= 0.3 is 6.01 Å². The molecule has 0 amide bonds. The van der Waals surface area contributed by atoms with Gasteiger partial charge in [0.1, 0.15) is 5.75 Å². The largest absolute Gasteiger partial charge is 0.424 e. The summed E-state index contributed by atoms with van der Waals surface area (Å²) in [5, 5.41) is 0. The van der Waals surface area contributed by atoms with Gasteiger partial charge in [-0.3, -0.25) is 0 Å². The third-order valence-corrected chi connectivity index (χ3v) is 2.70. The lowest BCUT2D eigenvalue weighted by Gasteiger charge is -2.07. The van der Waals surface area contributed by atoms with Crippen LogP contribution in [-0.4, -0.2) is 9.97 Å². The molecule has 1 heterocycles. The Labute approximate surface area is 112 Å². The van der Waals surface area contributed by atoms with E-state index >= 15 is 0 Å². The number of alkyl halides is 1. The van der Waals surface area contributed by atoms with E-state index in [-0.39, 0.29) is 0 Å². The van der Waals surface area contributed by atoms with Crippen molar-refractivity contribution in [3.8, 4) is 11.8 Å². The topological polar surface area (TPSA) is 35.0 Å². The fourth-order valence-corrected chi connectivity index (χ4v) is 1.95. The summed E-state index contributed by atoms with van der Waals surface area (Å²) in [5.41, 5.74) is 3.91. The van der Waals surface area contributed by atoms with Gasteiger partial charge in [0, 0.05) is 5.69 Å². The van der Waals surface area contributed by atoms with Gasteiger partial charge in [-0.2, -0.15) is 4.98 Å². The van der Waals surface area contributed by atoms with Gasteiger partial charge in [-0.25, -0.2) is 4.98 Å². The number of nitrogens with zero attached hydrogens (tertiary/aromatic N) is 2. The number of rotatable bonds is 3. The van der Waals surface area contributed by atoms with Crippen molar-refractivity contribution < 1.29 is 4.74 Å². The number of ether oxygens (including phenoxy) is 1. The number of aryl methyl sites for hydroxylation is 3. The van der Waals surface area contributed by atoms with Crippen LogP contribution in [0.25, 0.3) is 0 Å². The molecule has 0 radical (unpaired) electrons. The van der Waals surface area contributed by atoms with Crippen LogP contribution in [0.1, 0.15) is 22.5 Å². The van der Waals surface area contributed by atoms with E-state index in [1.54, 1.807) is 0 Å². The van der Waals surface area contributed by atoms with Gasteiger partial charge in [0.25, 0.3) is 0 Å². The van der Waals surface area contributed by atoms with E-state index in [0.29, 0.717) is 11.9 Å². The second-order valence-electron chi connectivity index (χ2n) is 4.34. The molecule has 18 heavy (non-hydrogen) atoms. The predicted octanol–water partition coefficient (Wildman–Crippen LogP) is 3.93. The lowest BCUT2D eigenvalue weighted by molar-refractivity contribution is 0.438. The average Bonchev–Trinajstić information content (AvgIpc) is 2.26. The second kappa shape index (κ2) is 5.36. The quantitative estimate of drug-likeness (QED) is 0.786. The van der Waals surface area contributed by atoms with Crippen LogP contribution in [-0.2, 0) is 5.88 Å². The van der Waals surface area contributed by atoms with Crippen molar-refractivity contribution in [3.63, 3.8) is 0 Å². The van der Waals surface area contributed by atoms with Crippen molar-refractivity contribution in [3.05, 3.63) is 46.8 Å². The van der Waals surface area contributed by atoms with Gasteiger partial charge in [0.2, 0.25) is 0 Å². The van der Waals surface area contributed by atoms with Gasteiger partial charge < -0.3 is 4.74 Å². The summed E-state index contributed by atoms with van der Waals surface area (Å²) in [5.74, 6) is 1.10. The summed E-state index contributed by atoms with van der Waals surface area (Å²) in [7, 11) is 0. The summed E-state index contributed by atoms with van der Waals surface area (Å²) in [6.07, 6.45) is 0. The number of hydrogen-bond donors (Lipinski definition) is 0. The minimum absolute atomic E-state index is 0.343. The number of halogens is 1. The Bertz CT molecular complexity index is 549. The van der Waals surface area contributed by atoms with Crippen LogP contribution in [0.4, 0.5) is 0 Å². The van der Waals surface area contributed by atoms with Crippen LogP contribution in [0.2, 0.25) is 0 Å². The molecule has 1 aromatic heterocycles. The smallest absolute Gasteiger partial charge is 0.322 e. The maximum atomic E-state index is 5.78. The summed E-state index contributed by atoms with van der Waals surface area (Å²) in [4.78, 5) is 8.49. The first-order chi connectivity index (χ1) is 8.56. The third-order valence-electron chi connectivity index (χ3n) is 2.43. The van der Waals surface area contributed by atoms with E-state index in [4.69, 9.17) is 16.3 Å². The molecule has 4 heteroatoms. The Morgan fingerprint density at radius 1 is 1.00 bits per heavy atom. The van der Waals surface area contributed by atoms with Crippen LogP contribution in [0.15, 0.2) is 24.3 Å². The molecule has 0 atom stereocenters. The Kier molecular flexibility index (Phi) is 3.82. The molecule has 0 aliphatic carbocycles. The van der Waals surface area contributed by atoms with Crippen molar-refractivity contribution in [1.29, 1.82) is 0 Å². The molecule has 2 rings (SSSR count). The van der Waals surface area contributed by atoms with Crippen molar-refractivity contribution in [2.45, 2.75) is 26.7 Å². The summed E-state index contributed by atoms with van der Waals surface area (Å²) in [6, 6.07) is 8.20. The first-order valence-electron chi connectivity index (χ1n) is 5.73. The highest BCUT2D eigenvalue weighted by Crippen LogP contribution is 2.21. The zero-order chi connectivity index (χ0) is 13.1. The molecule has 0 aliphatic rings. The Balaban J connectivity index is 2.30. The SMILES string of the molecule is Cc1cc(C)cc(Oc2nc(C)cc(CCl)n2)c1. The van der Waals surface area contributed by atoms with E-state index in [0.717, 1.165) is 28.3 Å². The van der Waals surface area contributed by atoms with E-state index in [2.05, 4.69) is 16.0 Å². The first kappa shape index (κ1) is 12.8. The molecule has 0 fully saturated rings. The van der Waals surface area contributed by atoms with E-state index < -0.39 is 0 Å². The van der Waals surface area contributed by atoms with Crippen LogP contribution in [0.3, 0.4) is 0 Å². The van der Waals surface area contributed by atoms with Gasteiger partial charge in [0.05, 0.1) is 11.6 Å². The first-order valence-corrected chi connectivity index (χ1v) is 6.27. The molecule has 0 N–H and O–H groups in total. The minimum atomic E-state index is 0.343. The van der Waals surface area contributed by atoms with Crippen molar-refractivity contribution in [2.24, 2.45) is 0 Å². The maximum absolute atomic E-state index is 5.78. The van der Waals surface area contributed by atoms with Crippen LogP contribution < -0.4 is 4.74 Å². The predicted molar refractivity (Wildman–Crippen MR) is 72.3 cm³/mol. The fraction of sp³-hybridized carbons (Fsp3) is 0.286. The Hall–Kier alpha value is -1.61. The van der Waals surface area contributed by atoms with Crippen molar-refractivity contribution >= 4 is 11.6 Å². The zero-order valence-corrected chi connectivity index (χ0v) is 11.5. The summed E-state index contributed by atoms with van der Waals surface area (Å²) < 4.78 is 5.68. The fourth-order valence-electron chi connectivity index (χ4n) is 1.82. The number of hydrogen-bond acceptors (Lipinski definition) is 3. The van der Waals surface area contributed by atoms with Gasteiger partial charge in [-0.15, -0.1) is 11.6 Å². The molecule has 1 aromatic carbocycles. The lowest BCUT2D eigenvalue weighted by atomic mass is 10.1. The highest BCUT2D eigenvalue weighted by Gasteiger charge is 2.05. The highest BCUT2D eigenvalue weighted by molar-refractivity contribution is 6.16. The molecule has 3 nitrogen and oxygen atoms in total. The molecule has 0 unspecified atom stereocenters. The summed E-state index contributed by atoms with van der Waals surface area (Å²) in [6.45, 7) is 5.95. The second-order valence-corrected chi connectivity index (χ2v) is 4.61. The maximum Gasteiger partial charge on any atom is 0.322 e. The van der Waals surface area contributed by atoms with E-state index in [9.17, 15) is 0 Å². The van der Waals surface area contributed by atoms with Gasteiger partial charge in [0.15, 0.2) is 0 Å². The molecule has 0 spiro atoms. The molecular weight excluding hydrogens is 248 g/mol. The molecule has 0 saturated carbocycles. The molecule has 0 aliphatic heterocycles. The molecule has 94 valence electrons. The van der Waals surface area contributed by atoms with Crippen molar-refractivity contribution in [1.82, 2.24) is 9.97 Å². The molecule has 0 saturated heterocycles. The Morgan fingerprint density at radius 3 is 2.28 bits per heavy atom. The van der Waals surface area contributed by atoms with Gasteiger partial charge in [-0.05, 0) is 50.1 Å². The zero-order valence-electron chi connectivity index (χ0n) is 10.7. The monoisotopic (exact) mass is 262 g/mol. The standard InChI is InChI=1S/C14H15ClN2O/c1-9-4-10(2)6-13(5-9)18-14-16-11(3)7-12(8-15)17-14/h4-7H,8H2,1-3H3. The van der Waals surface area contributed by atoms with Crippen LogP contribution in [0.5, 0.6) is 11.8 Å². The average molecular weight is 263 g/mol. The van der Waals surface area contributed by atoms with Crippen LogP contribution in [0, 0.1) is 20.8 Å². The van der Waals surface area contributed by atoms with Crippen molar-refractivity contribution in [2.75, 3.05) is 0 Å².